The number of hydrogen-bond donors (Lipinski definition) is 1. The molecule has 0 amide bonds. The van der Waals surface area contributed by atoms with Gasteiger partial charge in [-0.25, -0.2) is 9.79 Å². The molecule has 0 spiro atoms. The molecule has 2 aromatic carbocycles. The number of aromatic hydroxyl groups is 1. The number of nitro benzene ring substituents is 1. The first-order chi connectivity index (χ1) is 17.2. The molecule has 186 valence electrons. The van der Waals surface area contributed by atoms with Gasteiger partial charge in [0.1, 0.15) is 0 Å². The zero-order valence-electron chi connectivity index (χ0n) is 19.4. The summed E-state index contributed by atoms with van der Waals surface area (Å²) in [5.41, 5.74) is 1.01. The predicted octanol–water partition coefficient (Wildman–Crippen LogP) is 3.74. The maximum absolute atomic E-state index is 13.6. The number of esters is 1. The molecule has 1 aliphatic heterocycles. The fourth-order valence-corrected chi connectivity index (χ4v) is 5.96. The number of fused-ring (bicyclic) bond motifs is 1. The number of aromatic nitrogens is 1. The van der Waals surface area contributed by atoms with E-state index >= 15 is 0 Å². The molecule has 2 heterocycles. The van der Waals surface area contributed by atoms with E-state index < -0.39 is 33.9 Å². The zero-order valence-corrected chi connectivity index (χ0v) is 23.1. The molecular formula is C24H20IN3O6S2. The predicted molar refractivity (Wildman–Crippen MR) is 146 cm³/mol. The third-order valence-electron chi connectivity index (χ3n) is 5.51. The van der Waals surface area contributed by atoms with Gasteiger partial charge in [0, 0.05) is 11.0 Å². The van der Waals surface area contributed by atoms with Gasteiger partial charge in [0.15, 0.2) is 4.80 Å². The molecule has 1 atom stereocenters. The van der Waals surface area contributed by atoms with Crippen molar-refractivity contribution in [3.63, 3.8) is 0 Å². The highest BCUT2D eigenvalue weighted by molar-refractivity contribution is 14.1. The Balaban J connectivity index is 1.95. The van der Waals surface area contributed by atoms with E-state index in [1.54, 1.807) is 54.3 Å². The number of carbonyl (C=O) groups is 1. The van der Waals surface area contributed by atoms with E-state index in [1.165, 1.54) is 16.7 Å². The maximum atomic E-state index is 13.6. The molecule has 0 bridgehead atoms. The average Bonchev–Trinajstić information content (AvgIpc) is 3.14. The summed E-state index contributed by atoms with van der Waals surface area (Å²) in [6, 6.07) is 9.61. The summed E-state index contributed by atoms with van der Waals surface area (Å²) in [4.78, 5) is 43.2. The van der Waals surface area contributed by atoms with Crippen molar-refractivity contribution < 1.29 is 19.6 Å². The van der Waals surface area contributed by atoms with Crippen LogP contribution in [0.3, 0.4) is 0 Å². The lowest BCUT2D eigenvalue weighted by Gasteiger charge is -2.24. The number of nitrogens with zero attached hydrogens (tertiary/aromatic N) is 3. The van der Waals surface area contributed by atoms with Crippen molar-refractivity contribution in [1.29, 1.82) is 0 Å². The van der Waals surface area contributed by atoms with E-state index in [0.717, 1.165) is 21.8 Å². The van der Waals surface area contributed by atoms with Crippen molar-refractivity contribution >= 4 is 63.4 Å². The summed E-state index contributed by atoms with van der Waals surface area (Å²) < 4.78 is 7.33. The number of phenolic OH excluding ortho intramolecular Hbond substituents is 1. The van der Waals surface area contributed by atoms with Gasteiger partial charge in [-0.15, -0.1) is 11.8 Å². The lowest BCUT2D eigenvalue weighted by molar-refractivity contribution is -0.386. The first-order valence-electron chi connectivity index (χ1n) is 10.7. The highest BCUT2D eigenvalue weighted by atomic mass is 127. The van der Waals surface area contributed by atoms with Crippen LogP contribution >= 0.6 is 45.7 Å². The van der Waals surface area contributed by atoms with Crippen LogP contribution in [0.2, 0.25) is 0 Å². The van der Waals surface area contributed by atoms with E-state index in [2.05, 4.69) is 4.99 Å². The Morgan fingerprint density at radius 2 is 2.06 bits per heavy atom. The van der Waals surface area contributed by atoms with Crippen LogP contribution in [0.25, 0.3) is 6.08 Å². The smallest absolute Gasteiger partial charge is 0.338 e. The fraction of sp³-hybridized carbons (Fsp3) is 0.208. The number of hydrogen-bond acceptors (Lipinski definition) is 9. The van der Waals surface area contributed by atoms with Gasteiger partial charge in [-0.2, -0.15) is 0 Å². The quantitative estimate of drug-likeness (QED) is 0.144. The van der Waals surface area contributed by atoms with E-state index in [0.29, 0.717) is 16.1 Å². The largest absolute Gasteiger partial charge is 0.501 e. The number of nitro groups is 1. The topological polar surface area (TPSA) is 124 Å². The molecule has 0 aliphatic carbocycles. The molecule has 0 fully saturated rings. The minimum absolute atomic E-state index is 0.177. The Kier molecular flexibility index (Phi) is 7.66. The van der Waals surface area contributed by atoms with Crippen LogP contribution in [-0.2, 0) is 9.53 Å². The van der Waals surface area contributed by atoms with E-state index in [-0.39, 0.29) is 20.3 Å². The molecule has 12 heteroatoms. The number of thiazole rings is 1. The van der Waals surface area contributed by atoms with E-state index in [4.69, 9.17) is 4.74 Å². The Hall–Kier alpha value is -2.97. The summed E-state index contributed by atoms with van der Waals surface area (Å²) >= 11 is 4.50. The molecular weight excluding hydrogens is 617 g/mol. The SMILES string of the molecule is CCOC(=O)C1=C(C)N=c2s/c(=C\c3cc(I)c(O)c([N+](=O)[O-])c3)c(=O)n2[C@H]1c1ccc(SC)cc1. The number of rotatable bonds is 6. The highest BCUT2D eigenvalue weighted by Gasteiger charge is 2.33. The molecule has 9 nitrogen and oxygen atoms in total. The summed E-state index contributed by atoms with van der Waals surface area (Å²) in [6.07, 6.45) is 3.48. The van der Waals surface area contributed by atoms with Gasteiger partial charge in [-0.3, -0.25) is 19.5 Å². The van der Waals surface area contributed by atoms with Crippen LogP contribution in [0.4, 0.5) is 5.69 Å². The number of allylic oxidation sites excluding steroid dienone is 1. The number of carbonyl (C=O) groups excluding carboxylic acids is 1. The fourth-order valence-electron chi connectivity index (χ4n) is 3.87. The molecule has 1 aromatic heterocycles. The van der Waals surface area contributed by atoms with Crippen molar-refractivity contribution in [3.05, 3.63) is 92.2 Å². The molecule has 1 aliphatic rings. The number of ether oxygens (including phenoxy) is 1. The number of thioether (sulfide) groups is 1. The number of phenols is 1. The summed E-state index contributed by atoms with van der Waals surface area (Å²) in [7, 11) is 0. The van der Waals surface area contributed by atoms with Crippen molar-refractivity contribution in [1.82, 2.24) is 4.57 Å². The van der Waals surface area contributed by atoms with Crippen molar-refractivity contribution in [2.24, 2.45) is 4.99 Å². The standard InChI is InChI=1S/C24H20IN3O6S2/c1-4-34-23(31)19-12(2)26-24-27(20(19)14-5-7-15(35-3)8-6-14)22(30)18(36-24)11-13-9-16(25)21(29)17(10-13)28(32)33/h5-11,20,29H,4H2,1-3H3/b18-11-/t20-/m0/s1. The summed E-state index contributed by atoms with van der Waals surface area (Å²) in [6.45, 7) is 3.60. The van der Waals surface area contributed by atoms with Gasteiger partial charge in [0.05, 0.1) is 36.9 Å². The summed E-state index contributed by atoms with van der Waals surface area (Å²) in [5, 5.41) is 21.3. The van der Waals surface area contributed by atoms with E-state index in [1.807, 2.05) is 30.5 Å². The minimum atomic E-state index is -0.743. The molecule has 0 unspecified atom stereocenters. The first-order valence-corrected chi connectivity index (χ1v) is 13.8. The van der Waals surface area contributed by atoms with Crippen molar-refractivity contribution in [3.8, 4) is 5.75 Å². The second kappa shape index (κ2) is 10.6. The van der Waals surface area contributed by atoms with Crippen LogP contribution in [0.15, 0.2) is 62.4 Å². The summed E-state index contributed by atoms with van der Waals surface area (Å²) in [5.74, 6) is -0.974. The normalized spacial score (nSPS) is 15.4. The van der Waals surface area contributed by atoms with Crippen molar-refractivity contribution in [2.75, 3.05) is 12.9 Å². The molecule has 1 N–H and O–H groups in total. The molecule has 0 radical (unpaired) electrons. The lowest BCUT2D eigenvalue weighted by Crippen LogP contribution is -2.39. The van der Waals surface area contributed by atoms with Crippen LogP contribution in [0.1, 0.15) is 31.0 Å². The molecule has 3 aromatic rings. The highest BCUT2D eigenvalue weighted by Crippen LogP contribution is 2.33. The minimum Gasteiger partial charge on any atom is -0.501 e. The number of benzene rings is 2. The van der Waals surface area contributed by atoms with Gasteiger partial charge >= 0.3 is 11.7 Å². The molecule has 0 saturated carbocycles. The second-order valence-electron chi connectivity index (χ2n) is 7.70. The average molecular weight is 637 g/mol. The Morgan fingerprint density at radius 1 is 1.36 bits per heavy atom. The molecule has 4 rings (SSSR count). The van der Waals surface area contributed by atoms with Crippen LogP contribution in [0, 0.1) is 13.7 Å². The Labute approximate surface area is 227 Å². The van der Waals surface area contributed by atoms with E-state index in [9.17, 15) is 24.8 Å². The van der Waals surface area contributed by atoms with Crippen LogP contribution < -0.4 is 14.9 Å². The third kappa shape index (κ3) is 4.84. The van der Waals surface area contributed by atoms with Crippen LogP contribution in [-0.4, -0.2) is 33.4 Å². The third-order valence-corrected chi connectivity index (χ3v) is 8.06. The van der Waals surface area contributed by atoms with Gasteiger partial charge in [-0.05, 0) is 78.1 Å². The van der Waals surface area contributed by atoms with Gasteiger partial charge in [0.2, 0.25) is 5.75 Å². The second-order valence-corrected chi connectivity index (χ2v) is 10.8. The first kappa shape index (κ1) is 26.1. The number of halogens is 1. The van der Waals surface area contributed by atoms with Crippen molar-refractivity contribution in [2.45, 2.75) is 24.8 Å². The molecule has 36 heavy (non-hydrogen) atoms. The monoisotopic (exact) mass is 637 g/mol. The molecule has 0 saturated heterocycles. The Bertz CT molecular complexity index is 1590. The van der Waals surface area contributed by atoms with Gasteiger partial charge < -0.3 is 9.84 Å². The maximum Gasteiger partial charge on any atom is 0.338 e. The van der Waals surface area contributed by atoms with Gasteiger partial charge in [0.25, 0.3) is 5.56 Å². The van der Waals surface area contributed by atoms with Gasteiger partial charge in [-0.1, -0.05) is 23.5 Å². The Morgan fingerprint density at radius 3 is 2.67 bits per heavy atom. The zero-order chi connectivity index (χ0) is 26.1. The van der Waals surface area contributed by atoms with Crippen LogP contribution in [0.5, 0.6) is 5.75 Å². The lowest BCUT2D eigenvalue weighted by atomic mass is 9.96.